The van der Waals surface area contributed by atoms with E-state index in [1.54, 1.807) is 14.0 Å². The van der Waals surface area contributed by atoms with E-state index in [4.69, 9.17) is 9.84 Å². The molecule has 0 saturated carbocycles. The van der Waals surface area contributed by atoms with Gasteiger partial charge in [0.15, 0.2) is 0 Å². The van der Waals surface area contributed by atoms with Crippen LogP contribution in [0.3, 0.4) is 0 Å². The van der Waals surface area contributed by atoms with Crippen molar-refractivity contribution in [3.63, 3.8) is 0 Å². The van der Waals surface area contributed by atoms with Crippen LogP contribution in [0.1, 0.15) is 27.2 Å². The topological polar surface area (TPSA) is 63.6 Å². The summed E-state index contributed by atoms with van der Waals surface area (Å²) < 4.78 is 15.5. The average molecular weight is 222 g/mol. The zero-order valence-corrected chi connectivity index (χ0v) is 9.89. The molecule has 4 nitrogen and oxygen atoms in total. The molecule has 5 heteroatoms. The fourth-order valence-electron chi connectivity index (χ4n) is 0.980. The number of aliphatic carboxylic acids is 1. The van der Waals surface area contributed by atoms with Crippen LogP contribution in [0.25, 0.3) is 0 Å². The number of rotatable bonds is 6. The summed E-state index contributed by atoms with van der Waals surface area (Å²) in [5.74, 6) is -1.03. The van der Waals surface area contributed by atoms with Crippen LogP contribution < -0.4 is 0 Å². The Bertz CT molecular complexity index is 225. The highest BCUT2D eigenvalue weighted by atomic mass is 32.2. The van der Waals surface area contributed by atoms with Crippen LogP contribution in [-0.4, -0.2) is 39.0 Å². The lowest BCUT2D eigenvalue weighted by atomic mass is 10.2. The maximum absolute atomic E-state index is 11.8. The van der Waals surface area contributed by atoms with E-state index in [0.29, 0.717) is 13.0 Å². The molecule has 0 aliphatic carbocycles. The lowest BCUT2D eigenvalue weighted by molar-refractivity contribution is -0.139. The highest BCUT2D eigenvalue weighted by molar-refractivity contribution is 7.87. The van der Waals surface area contributed by atoms with Gasteiger partial charge in [-0.25, -0.2) is 0 Å². The Morgan fingerprint density at radius 3 is 2.43 bits per heavy atom. The summed E-state index contributed by atoms with van der Waals surface area (Å²) in [6, 6.07) is 0. The van der Waals surface area contributed by atoms with Gasteiger partial charge in [-0.3, -0.25) is 9.00 Å². The van der Waals surface area contributed by atoms with E-state index >= 15 is 0 Å². The van der Waals surface area contributed by atoms with Gasteiger partial charge < -0.3 is 9.84 Å². The van der Waals surface area contributed by atoms with Crippen LogP contribution in [-0.2, 0) is 20.3 Å². The molecule has 2 atom stereocenters. The Morgan fingerprint density at radius 1 is 1.57 bits per heavy atom. The summed E-state index contributed by atoms with van der Waals surface area (Å²) >= 11 is 0. The first kappa shape index (κ1) is 13.6. The fourth-order valence-corrected chi connectivity index (χ4v) is 2.47. The van der Waals surface area contributed by atoms with Gasteiger partial charge in [0.1, 0.15) is 4.75 Å². The van der Waals surface area contributed by atoms with Crippen molar-refractivity contribution in [2.75, 3.05) is 13.7 Å². The van der Waals surface area contributed by atoms with Gasteiger partial charge in [0, 0.05) is 29.8 Å². The zero-order valence-electron chi connectivity index (χ0n) is 9.07. The van der Waals surface area contributed by atoms with Crippen molar-refractivity contribution in [1.29, 1.82) is 0 Å². The Hall–Kier alpha value is -0.420. The largest absolute Gasteiger partial charge is 0.480 e. The Morgan fingerprint density at radius 2 is 2.07 bits per heavy atom. The number of carboxylic acid groups (broad SMARTS) is 1. The van der Waals surface area contributed by atoms with Crippen LogP contribution in [0.2, 0.25) is 0 Å². The molecule has 2 unspecified atom stereocenters. The van der Waals surface area contributed by atoms with Gasteiger partial charge in [0.05, 0.1) is 0 Å². The molecule has 0 heterocycles. The number of hydrogen-bond acceptors (Lipinski definition) is 3. The minimum atomic E-state index is -1.39. The molecular weight excluding hydrogens is 204 g/mol. The second kappa shape index (κ2) is 5.46. The van der Waals surface area contributed by atoms with E-state index in [9.17, 15) is 9.00 Å². The summed E-state index contributed by atoms with van der Waals surface area (Å²) in [6.45, 7) is 5.24. The van der Waals surface area contributed by atoms with Gasteiger partial charge in [-0.1, -0.05) is 6.92 Å². The van der Waals surface area contributed by atoms with Crippen molar-refractivity contribution in [2.45, 2.75) is 37.2 Å². The van der Waals surface area contributed by atoms with E-state index in [-0.39, 0.29) is 5.25 Å². The summed E-state index contributed by atoms with van der Waals surface area (Å²) in [7, 11) is 0.181. The van der Waals surface area contributed by atoms with E-state index < -0.39 is 21.5 Å². The van der Waals surface area contributed by atoms with Crippen molar-refractivity contribution in [2.24, 2.45) is 0 Å². The lowest BCUT2D eigenvalue weighted by Crippen LogP contribution is -2.40. The number of ether oxygens (including phenoxy) is 1. The van der Waals surface area contributed by atoms with Crippen molar-refractivity contribution in [3.8, 4) is 0 Å². The normalized spacial score (nSPS) is 16.3. The van der Waals surface area contributed by atoms with E-state index in [0.717, 1.165) is 0 Å². The summed E-state index contributed by atoms with van der Waals surface area (Å²) in [6.07, 6.45) is 0.611. The third kappa shape index (κ3) is 3.38. The second-order valence-electron chi connectivity index (χ2n) is 3.70. The van der Waals surface area contributed by atoms with Crippen molar-refractivity contribution in [3.05, 3.63) is 0 Å². The standard InChI is InChI=1S/C9H18O4S/c1-7(5-6-13-4)14(12)9(2,3)8(10)11/h7H,5-6H2,1-4H3,(H,10,11). The first-order chi connectivity index (χ1) is 6.34. The van der Waals surface area contributed by atoms with Gasteiger partial charge in [-0.05, 0) is 20.3 Å². The maximum Gasteiger partial charge on any atom is 0.321 e. The van der Waals surface area contributed by atoms with Crippen molar-refractivity contribution >= 4 is 16.8 Å². The molecule has 0 saturated heterocycles. The minimum absolute atomic E-state index is 0.166. The third-order valence-electron chi connectivity index (χ3n) is 2.11. The molecule has 0 aliphatic heterocycles. The summed E-state index contributed by atoms with van der Waals surface area (Å²) in [5, 5.41) is 8.70. The zero-order chi connectivity index (χ0) is 11.4. The molecule has 0 aromatic carbocycles. The molecule has 0 spiro atoms. The lowest BCUT2D eigenvalue weighted by Gasteiger charge is -2.22. The molecule has 0 fully saturated rings. The molecule has 14 heavy (non-hydrogen) atoms. The van der Waals surface area contributed by atoms with Crippen LogP contribution in [0.5, 0.6) is 0 Å². The average Bonchev–Trinajstić information content (AvgIpc) is 2.12. The molecule has 0 radical (unpaired) electrons. The maximum atomic E-state index is 11.8. The number of methoxy groups -OCH3 is 1. The summed E-state index contributed by atoms with van der Waals surface area (Å²) in [5.41, 5.74) is 0. The third-order valence-corrected chi connectivity index (χ3v) is 4.26. The van der Waals surface area contributed by atoms with Crippen LogP contribution in [0.4, 0.5) is 0 Å². The van der Waals surface area contributed by atoms with Crippen molar-refractivity contribution < 1.29 is 18.8 Å². The number of hydrogen-bond donors (Lipinski definition) is 1. The van der Waals surface area contributed by atoms with Crippen LogP contribution >= 0.6 is 0 Å². The Kier molecular flexibility index (Phi) is 5.29. The van der Waals surface area contributed by atoms with E-state index in [1.165, 1.54) is 13.8 Å². The second-order valence-corrected chi connectivity index (χ2v) is 6.13. The van der Waals surface area contributed by atoms with Gasteiger partial charge in [-0.15, -0.1) is 0 Å². The molecule has 84 valence electrons. The van der Waals surface area contributed by atoms with Gasteiger partial charge in [-0.2, -0.15) is 0 Å². The van der Waals surface area contributed by atoms with Crippen molar-refractivity contribution in [1.82, 2.24) is 0 Å². The first-order valence-corrected chi connectivity index (χ1v) is 5.68. The quantitative estimate of drug-likeness (QED) is 0.729. The predicted octanol–water partition coefficient (Wildman–Crippen LogP) is 1.02. The molecule has 0 aliphatic rings. The molecule has 0 aromatic heterocycles. The van der Waals surface area contributed by atoms with Crippen LogP contribution in [0.15, 0.2) is 0 Å². The first-order valence-electron chi connectivity index (χ1n) is 4.47. The molecule has 1 N–H and O–H groups in total. The highest BCUT2D eigenvalue weighted by Gasteiger charge is 2.36. The van der Waals surface area contributed by atoms with E-state index in [1.807, 2.05) is 0 Å². The monoisotopic (exact) mass is 222 g/mol. The SMILES string of the molecule is COCCC(C)S(=O)C(C)(C)C(=O)O. The minimum Gasteiger partial charge on any atom is -0.480 e. The van der Waals surface area contributed by atoms with Gasteiger partial charge in [0.2, 0.25) is 0 Å². The van der Waals surface area contributed by atoms with Gasteiger partial charge in [0.25, 0.3) is 0 Å². The molecule has 0 bridgehead atoms. The van der Waals surface area contributed by atoms with Gasteiger partial charge >= 0.3 is 5.97 Å². The number of carbonyl (C=O) groups is 1. The highest BCUT2D eigenvalue weighted by Crippen LogP contribution is 2.19. The fraction of sp³-hybridized carbons (Fsp3) is 0.889. The molecule has 0 aromatic rings. The Labute approximate surface area is 87.1 Å². The smallest absolute Gasteiger partial charge is 0.321 e. The molecule has 0 rings (SSSR count). The molecular formula is C9H18O4S. The van der Waals surface area contributed by atoms with Crippen LogP contribution in [0, 0.1) is 0 Å². The summed E-state index contributed by atoms with van der Waals surface area (Å²) in [4.78, 5) is 10.8. The molecule has 0 amide bonds. The number of carboxylic acids is 1. The van der Waals surface area contributed by atoms with E-state index in [2.05, 4.69) is 0 Å². The predicted molar refractivity (Wildman–Crippen MR) is 55.8 cm³/mol. The Balaban J connectivity index is 4.38.